The number of Topliss-reactive ketones (excluding diaryl/α,β-unsaturated/α-hetero) is 2. The number of hydrogen-bond donors (Lipinski definition) is 0. The van der Waals surface area contributed by atoms with E-state index in [0.717, 1.165) is 102 Å². The quantitative estimate of drug-likeness (QED) is 0.0345. The Morgan fingerprint density at radius 3 is 0.718 bits per heavy atom. The summed E-state index contributed by atoms with van der Waals surface area (Å²) < 4.78 is 11.9. The number of ether oxygens (including phenoxy) is 2. The molecule has 0 heterocycles. The number of carbonyl (C=O) groups excluding carboxylic acids is 3. The van der Waals surface area contributed by atoms with Crippen molar-refractivity contribution in [1.82, 2.24) is 0 Å². The van der Waals surface area contributed by atoms with Gasteiger partial charge in [0.2, 0.25) is 0 Å². The zero-order valence-corrected chi connectivity index (χ0v) is 53.8. The number of allylic oxidation sites excluding steroid dienone is 4. The van der Waals surface area contributed by atoms with Crippen molar-refractivity contribution in [3.05, 3.63) is 24.3 Å². The second-order valence-electron chi connectivity index (χ2n) is 25.5. The number of hydrogen-bond acceptors (Lipinski definition) is 5. The standard InChI is InChI=1S/C73H138O5/c1-7-9-11-13-15-17-19-25-33-39-45-51-57-63-69(74)71(65-59-53-47-41-35-29-23-21-27-31-37-43-49-55-61-67(3)4)77-73(76)78-72(70(75)64-58-52-46-40-34-26-20-18-16-14-12-10-8-2)66-60-54-48-42-36-30-24-22-28-32-38-44-50-56-62-68(5)6/h17-20,67-68,71-72H,7-16,21-66H2,1-6H3/b19-17-,20-18-. The third-order valence-corrected chi connectivity index (χ3v) is 16.6. The lowest BCUT2D eigenvalue weighted by molar-refractivity contribution is -0.133. The first-order valence-corrected chi connectivity index (χ1v) is 35.4. The van der Waals surface area contributed by atoms with Crippen LogP contribution in [0, 0.1) is 11.8 Å². The van der Waals surface area contributed by atoms with Gasteiger partial charge < -0.3 is 9.47 Å². The predicted molar refractivity (Wildman–Crippen MR) is 343 cm³/mol. The maximum Gasteiger partial charge on any atom is 0.509 e. The Kier molecular flexibility index (Phi) is 61.2. The number of unbranched alkanes of at least 4 members (excludes halogenated alkanes) is 44. The average molecular weight is 1100 g/mol. The Morgan fingerprint density at radius 1 is 0.269 bits per heavy atom. The Morgan fingerprint density at radius 2 is 0.474 bits per heavy atom. The molecule has 0 aliphatic rings. The van der Waals surface area contributed by atoms with Crippen LogP contribution in [0.25, 0.3) is 0 Å². The third-order valence-electron chi connectivity index (χ3n) is 16.6. The molecule has 2 unspecified atom stereocenters. The predicted octanol–water partition coefficient (Wildman–Crippen LogP) is 25.3. The van der Waals surface area contributed by atoms with Crippen molar-refractivity contribution in [1.29, 1.82) is 0 Å². The van der Waals surface area contributed by atoms with Gasteiger partial charge in [-0.3, -0.25) is 9.59 Å². The Balaban J connectivity index is 5.17. The van der Waals surface area contributed by atoms with Crippen LogP contribution in [-0.4, -0.2) is 29.9 Å². The van der Waals surface area contributed by atoms with Crippen molar-refractivity contribution in [2.24, 2.45) is 11.8 Å². The maximum atomic E-state index is 13.8. The van der Waals surface area contributed by atoms with Crippen LogP contribution in [0.4, 0.5) is 4.79 Å². The molecule has 0 spiro atoms. The van der Waals surface area contributed by atoms with E-state index < -0.39 is 18.4 Å². The average Bonchev–Trinajstić information content (AvgIpc) is 3.42. The van der Waals surface area contributed by atoms with Gasteiger partial charge in [0.1, 0.15) is 0 Å². The summed E-state index contributed by atoms with van der Waals surface area (Å²) in [7, 11) is 0. The molecule has 78 heavy (non-hydrogen) atoms. The number of rotatable bonds is 64. The highest BCUT2D eigenvalue weighted by Crippen LogP contribution is 2.22. The van der Waals surface area contributed by atoms with Gasteiger partial charge in [-0.1, -0.05) is 323 Å². The van der Waals surface area contributed by atoms with E-state index in [0.29, 0.717) is 25.7 Å². The van der Waals surface area contributed by atoms with E-state index in [2.05, 4.69) is 65.8 Å². The molecule has 0 saturated heterocycles. The summed E-state index contributed by atoms with van der Waals surface area (Å²) in [6.45, 7) is 13.8. The van der Waals surface area contributed by atoms with E-state index in [4.69, 9.17) is 9.47 Å². The van der Waals surface area contributed by atoms with Crippen molar-refractivity contribution < 1.29 is 23.9 Å². The van der Waals surface area contributed by atoms with Crippen LogP contribution in [0.5, 0.6) is 0 Å². The molecule has 0 aromatic rings. The van der Waals surface area contributed by atoms with Crippen molar-refractivity contribution in [2.45, 2.75) is 413 Å². The molecule has 0 radical (unpaired) electrons. The topological polar surface area (TPSA) is 69.7 Å². The maximum absolute atomic E-state index is 13.8. The van der Waals surface area contributed by atoms with Crippen molar-refractivity contribution >= 4 is 17.7 Å². The highest BCUT2D eigenvalue weighted by atomic mass is 16.7. The molecule has 2 atom stereocenters. The van der Waals surface area contributed by atoms with Gasteiger partial charge in [0.05, 0.1) is 0 Å². The van der Waals surface area contributed by atoms with E-state index in [-0.39, 0.29) is 11.6 Å². The first-order valence-electron chi connectivity index (χ1n) is 35.4. The molecule has 5 heteroatoms. The zero-order chi connectivity index (χ0) is 56.9. The van der Waals surface area contributed by atoms with Gasteiger partial charge in [0, 0.05) is 12.8 Å². The van der Waals surface area contributed by atoms with Gasteiger partial charge in [-0.25, -0.2) is 4.79 Å². The summed E-state index contributed by atoms with van der Waals surface area (Å²) in [5.74, 6) is 1.72. The summed E-state index contributed by atoms with van der Waals surface area (Å²) in [5.41, 5.74) is 0. The largest absolute Gasteiger partial charge is 0.509 e. The Labute approximate surface area is 488 Å². The third kappa shape index (κ3) is 58.7. The summed E-state index contributed by atoms with van der Waals surface area (Å²) in [6.07, 6.45) is 73.6. The highest BCUT2D eigenvalue weighted by Gasteiger charge is 2.28. The highest BCUT2D eigenvalue weighted by molar-refractivity contribution is 5.86. The smallest absolute Gasteiger partial charge is 0.423 e. The fourth-order valence-electron chi connectivity index (χ4n) is 11.2. The Hall–Kier alpha value is -1.91. The van der Waals surface area contributed by atoms with Crippen LogP contribution in [0.1, 0.15) is 401 Å². The summed E-state index contributed by atoms with van der Waals surface area (Å²) in [6, 6.07) is 0. The lowest BCUT2D eigenvalue weighted by atomic mass is 10.00. The van der Waals surface area contributed by atoms with Crippen molar-refractivity contribution in [3.63, 3.8) is 0 Å². The molecule has 460 valence electrons. The SMILES string of the molecule is CCCCCC/C=C\CCCCCCCC(=O)C(CCCCCCCCCCCCCCCCC(C)C)OC(=O)OC(CCCCCCCCCCCCCCCCC(C)C)C(=O)CCCCCCC/C=C\CCCCCC. The van der Waals surface area contributed by atoms with Gasteiger partial charge in [0.25, 0.3) is 0 Å². The molecule has 0 fully saturated rings. The molecule has 0 aromatic carbocycles. The molecular formula is C73H138O5. The second-order valence-corrected chi connectivity index (χ2v) is 25.5. The molecule has 0 N–H and O–H groups in total. The second kappa shape index (κ2) is 62.7. The van der Waals surface area contributed by atoms with Crippen LogP contribution in [-0.2, 0) is 19.1 Å². The molecule has 0 bridgehead atoms. The summed E-state index contributed by atoms with van der Waals surface area (Å²) in [4.78, 5) is 41.2. The Bertz CT molecular complexity index is 1200. The zero-order valence-electron chi connectivity index (χ0n) is 53.8. The summed E-state index contributed by atoms with van der Waals surface area (Å²) >= 11 is 0. The molecule has 0 saturated carbocycles. The molecule has 0 aromatic heterocycles. The van der Waals surface area contributed by atoms with Gasteiger partial charge in [-0.2, -0.15) is 0 Å². The minimum atomic E-state index is -0.819. The van der Waals surface area contributed by atoms with Crippen LogP contribution >= 0.6 is 0 Å². The van der Waals surface area contributed by atoms with Crippen LogP contribution in [0.2, 0.25) is 0 Å². The van der Waals surface area contributed by atoms with Crippen molar-refractivity contribution in [3.8, 4) is 0 Å². The fourth-order valence-corrected chi connectivity index (χ4v) is 11.2. The van der Waals surface area contributed by atoms with Gasteiger partial charge >= 0.3 is 6.16 Å². The number of carbonyl (C=O) groups is 3. The van der Waals surface area contributed by atoms with E-state index in [9.17, 15) is 14.4 Å². The van der Waals surface area contributed by atoms with E-state index >= 15 is 0 Å². The van der Waals surface area contributed by atoms with Gasteiger partial charge in [-0.15, -0.1) is 0 Å². The van der Waals surface area contributed by atoms with E-state index in [1.807, 2.05) is 0 Å². The van der Waals surface area contributed by atoms with Crippen LogP contribution in [0.3, 0.4) is 0 Å². The normalized spacial score (nSPS) is 12.7. The van der Waals surface area contributed by atoms with Gasteiger partial charge in [-0.05, 0) is 102 Å². The van der Waals surface area contributed by atoms with E-state index in [1.54, 1.807) is 0 Å². The molecule has 0 aliphatic carbocycles. The van der Waals surface area contributed by atoms with Crippen molar-refractivity contribution in [2.75, 3.05) is 0 Å². The minimum absolute atomic E-state index is 0.0198. The first-order chi connectivity index (χ1) is 38.2. The molecule has 5 nitrogen and oxygen atoms in total. The number of ketones is 2. The molecule has 0 aliphatic heterocycles. The lowest BCUT2D eigenvalue weighted by Gasteiger charge is -2.20. The summed E-state index contributed by atoms with van der Waals surface area (Å²) in [5, 5.41) is 0. The lowest BCUT2D eigenvalue weighted by Crippen LogP contribution is -2.32. The molecular weight excluding hydrogens is 957 g/mol. The minimum Gasteiger partial charge on any atom is -0.423 e. The molecule has 0 rings (SSSR count). The van der Waals surface area contributed by atoms with E-state index in [1.165, 1.54) is 244 Å². The van der Waals surface area contributed by atoms with Gasteiger partial charge in [0.15, 0.2) is 23.8 Å². The van der Waals surface area contributed by atoms with Crippen LogP contribution in [0.15, 0.2) is 24.3 Å². The monoisotopic (exact) mass is 1100 g/mol. The van der Waals surface area contributed by atoms with Crippen LogP contribution < -0.4 is 0 Å². The molecule has 0 amide bonds. The fraction of sp³-hybridized carbons (Fsp3) is 0.904. The first kappa shape index (κ1) is 76.1.